The molecule has 0 unspecified atom stereocenters. The molecule has 0 aromatic carbocycles. The summed E-state index contributed by atoms with van der Waals surface area (Å²) in [4.78, 5) is 32.6. The molecule has 8 nitrogen and oxygen atoms in total. The molecule has 1 saturated heterocycles. The lowest BCUT2D eigenvalue weighted by Gasteiger charge is -2.13. The summed E-state index contributed by atoms with van der Waals surface area (Å²) in [6.07, 6.45) is 3.99. The summed E-state index contributed by atoms with van der Waals surface area (Å²) < 4.78 is 12.1. The van der Waals surface area contributed by atoms with E-state index >= 15 is 0 Å². The predicted molar refractivity (Wildman–Crippen MR) is 123 cm³/mol. The number of ether oxygens (including phenoxy) is 2. The van der Waals surface area contributed by atoms with Gasteiger partial charge < -0.3 is 14.8 Å². The fourth-order valence-electron chi connectivity index (χ4n) is 2.99. The summed E-state index contributed by atoms with van der Waals surface area (Å²) >= 11 is 6.55. The van der Waals surface area contributed by atoms with Crippen LogP contribution in [0.3, 0.4) is 0 Å². The first-order valence-corrected chi connectivity index (χ1v) is 10.7. The van der Waals surface area contributed by atoms with Crippen LogP contribution in [-0.2, 0) is 14.3 Å². The van der Waals surface area contributed by atoms with Crippen LogP contribution < -0.4 is 10.9 Å². The summed E-state index contributed by atoms with van der Waals surface area (Å²) in [5.41, 5.74) is 1.51. The van der Waals surface area contributed by atoms with E-state index in [4.69, 9.17) is 21.7 Å². The number of methoxy groups -OCH3 is 2. The molecule has 1 amide bonds. The monoisotopic (exact) mass is 448 g/mol. The Hall–Kier alpha value is -2.27. The van der Waals surface area contributed by atoms with Gasteiger partial charge >= 0.3 is 0 Å². The predicted octanol–water partition coefficient (Wildman–Crippen LogP) is 2.30. The van der Waals surface area contributed by atoms with Crippen LogP contribution in [0.1, 0.15) is 17.5 Å². The van der Waals surface area contributed by atoms with Gasteiger partial charge in [0.1, 0.15) is 15.8 Å². The molecule has 10 heteroatoms. The van der Waals surface area contributed by atoms with Gasteiger partial charge in [0.2, 0.25) is 0 Å². The second-order valence-electron chi connectivity index (χ2n) is 6.71. The lowest BCUT2D eigenvalue weighted by atomic mass is 10.2. The highest BCUT2D eigenvalue weighted by Crippen LogP contribution is 2.33. The molecule has 0 radical (unpaired) electrons. The number of fused-ring (bicyclic) bond motifs is 1. The Kier molecular flexibility index (Phi) is 7.59. The number of hydrogen-bond acceptors (Lipinski definition) is 8. The van der Waals surface area contributed by atoms with Crippen LogP contribution in [0.4, 0.5) is 5.82 Å². The molecule has 0 spiro atoms. The highest BCUT2D eigenvalue weighted by atomic mass is 32.2. The number of rotatable bonds is 9. The van der Waals surface area contributed by atoms with E-state index in [2.05, 4.69) is 10.3 Å². The minimum absolute atomic E-state index is 0.210. The summed E-state index contributed by atoms with van der Waals surface area (Å²) in [6.45, 7) is 3.85. The third-order valence-electron chi connectivity index (χ3n) is 4.48. The van der Waals surface area contributed by atoms with E-state index in [-0.39, 0.29) is 11.5 Å². The zero-order valence-corrected chi connectivity index (χ0v) is 18.8. The van der Waals surface area contributed by atoms with Gasteiger partial charge in [-0.3, -0.25) is 18.9 Å². The number of amides is 1. The lowest BCUT2D eigenvalue weighted by molar-refractivity contribution is -0.122. The topological polar surface area (TPSA) is 85.2 Å². The van der Waals surface area contributed by atoms with Crippen LogP contribution in [0.5, 0.6) is 0 Å². The average molecular weight is 449 g/mol. The Balaban J connectivity index is 2.01. The number of aromatic nitrogens is 2. The number of hydrogen-bond donors (Lipinski definition) is 1. The molecule has 1 aliphatic heterocycles. The maximum atomic E-state index is 13.2. The van der Waals surface area contributed by atoms with E-state index in [0.717, 1.165) is 5.56 Å². The van der Waals surface area contributed by atoms with Crippen molar-refractivity contribution in [3.05, 3.63) is 44.7 Å². The van der Waals surface area contributed by atoms with Gasteiger partial charge in [0, 0.05) is 40.1 Å². The smallest absolute Gasteiger partial charge is 0.267 e. The first kappa shape index (κ1) is 22.4. The quantitative estimate of drug-likeness (QED) is 0.355. The SMILES string of the molecule is COCCCN1C(=O)/C(=C/c2c(NCCOC)nc3ccc(C)cn3c2=O)SC1=S. The van der Waals surface area contributed by atoms with Crippen molar-refractivity contribution in [2.45, 2.75) is 13.3 Å². The van der Waals surface area contributed by atoms with E-state index in [0.29, 0.717) is 59.0 Å². The van der Waals surface area contributed by atoms with Gasteiger partial charge in [-0.05, 0) is 31.1 Å². The molecule has 3 rings (SSSR count). The van der Waals surface area contributed by atoms with Gasteiger partial charge in [0.15, 0.2) is 0 Å². The van der Waals surface area contributed by atoms with Gasteiger partial charge in [-0.15, -0.1) is 0 Å². The van der Waals surface area contributed by atoms with Crippen molar-refractivity contribution < 1.29 is 14.3 Å². The first-order valence-electron chi connectivity index (χ1n) is 9.46. The first-order chi connectivity index (χ1) is 14.5. The number of aryl methyl sites for hydroxylation is 1. The molecule has 30 heavy (non-hydrogen) atoms. The maximum absolute atomic E-state index is 13.2. The van der Waals surface area contributed by atoms with E-state index in [1.807, 2.05) is 13.0 Å². The maximum Gasteiger partial charge on any atom is 0.267 e. The number of anilines is 1. The molecule has 0 saturated carbocycles. The number of carbonyl (C=O) groups excluding carboxylic acids is 1. The molecule has 0 aliphatic carbocycles. The minimum Gasteiger partial charge on any atom is -0.385 e. The lowest BCUT2D eigenvalue weighted by Crippen LogP contribution is -2.29. The number of nitrogens with one attached hydrogen (secondary N) is 1. The van der Waals surface area contributed by atoms with Crippen LogP contribution in [0.25, 0.3) is 11.7 Å². The Bertz CT molecular complexity index is 1050. The zero-order valence-electron chi connectivity index (χ0n) is 17.1. The van der Waals surface area contributed by atoms with E-state index in [9.17, 15) is 9.59 Å². The Morgan fingerprint density at radius 3 is 2.73 bits per heavy atom. The number of nitrogens with zero attached hydrogens (tertiary/aromatic N) is 3. The van der Waals surface area contributed by atoms with Crippen molar-refractivity contribution in [3.8, 4) is 0 Å². The van der Waals surface area contributed by atoms with Crippen LogP contribution in [0.2, 0.25) is 0 Å². The normalized spacial score (nSPS) is 15.6. The molecule has 3 heterocycles. The standard InChI is InChI=1S/C20H24N4O4S2/c1-13-5-6-16-22-17(21-7-10-28-3)14(18(25)24(16)12-13)11-15-19(26)23(20(29)30-15)8-4-9-27-2/h5-6,11-12,21H,4,7-10H2,1-3H3/b15-11-. The minimum atomic E-state index is -0.256. The molecule has 1 fully saturated rings. The van der Waals surface area contributed by atoms with Crippen molar-refractivity contribution in [2.75, 3.05) is 45.8 Å². The van der Waals surface area contributed by atoms with Gasteiger partial charge in [-0.1, -0.05) is 30.0 Å². The zero-order chi connectivity index (χ0) is 21.7. The van der Waals surface area contributed by atoms with Gasteiger partial charge in [0.05, 0.1) is 17.1 Å². The molecule has 1 aliphatic rings. The molecule has 1 N–H and O–H groups in total. The summed E-state index contributed by atoms with van der Waals surface area (Å²) in [6, 6.07) is 3.68. The summed E-state index contributed by atoms with van der Waals surface area (Å²) in [5, 5.41) is 3.14. The van der Waals surface area contributed by atoms with Crippen molar-refractivity contribution in [3.63, 3.8) is 0 Å². The Morgan fingerprint density at radius 2 is 2.00 bits per heavy atom. The molecule has 0 bridgehead atoms. The molecule has 2 aromatic heterocycles. The largest absolute Gasteiger partial charge is 0.385 e. The van der Waals surface area contributed by atoms with Gasteiger partial charge in [0.25, 0.3) is 11.5 Å². The van der Waals surface area contributed by atoms with Crippen LogP contribution in [-0.4, -0.2) is 65.0 Å². The third kappa shape index (κ3) is 4.89. The van der Waals surface area contributed by atoms with Crippen molar-refractivity contribution >= 4 is 51.7 Å². The van der Waals surface area contributed by atoms with Crippen LogP contribution in [0, 0.1) is 6.92 Å². The van der Waals surface area contributed by atoms with Crippen LogP contribution in [0.15, 0.2) is 28.0 Å². The number of carbonyl (C=O) groups is 1. The molecular formula is C20H24N4O4S2. The number of pyridine rings is 1. The third-order valence-corrected chi connectivity index (χ3v) is 5.86. The van der Waals surface area contributed by atoms with E-state index in [1.54, 1.807) is 37.5 Å². The van der Waals surface area contributed by atoms with E-state index < -0.39 is 0 Å². The molecule has 2 aromatic rings. The Morgan fingerprint density at radius 1 is 1.23 bits per heavy atom. The van der Waals surface area contributed by atoms with Crippen molar-refractivity contribution in [1.82, 2.24) is 14.3 Å². The number of thiocarbonyl (C=S) groups is 1. The fourth-order valence-corrected chi connectivity index (χ4v) is 4.28. The molecule has 0 atom stereocenters. The molecular weight excluding hydrogens is 424 g/mol. The van der Waals surface area contributed by atoms with Crippen LogP contribution >= 0.6 is 24.0 Å². The van der Waals surface area contributed by atoms with Gasteiger partial charge in [-0.2, -0.15) is 0 Å². The molecule has 160 valence electrons. The Labute approximate surface area is 184 Å². The average Bonchev–Trinajstić information content (AvgIpc) is 2.99. The van der Waals surface area contributed by atoms with Crippen molar-refractivity contribution in [2.24, 2.45) is 0 Å². The highest BCUT2D eigenvalue weighted by molar-refractivity contribution is 8.26. The summed E-state index contributed by atoms with van der Waals surface area (Å²) in [7, 11) is 3.22. The highest BCUT2D eigenvalue weighted by Gasteiger charge is 2.32. The summed E-state index contributed by atoms with van der Waals surface area (Å²) in [5.74, 6) is 0.197. The van der Waals surface area contributed by atoms with Crippen molar-refractivity contribution in [1.29, 1.82) is 0 Å². The van der Waals surface area contributed by atoms with Gasteiger partial charge in [-0.25, -0.2) is 4.98 Å². The van der Waals surface area contributed by atoms with E-state index in [1.165, 1.54) is 16.2 Å². The second kappa shape index (κ2) is 10.2. The number of thioether (sulfide) groups is 1. The fraction of sp³-hybridized carbons (Fsp3) is 0.400. The second-order valence-corrected chi connectivity index (χ2v) is 8.39.